The number of para-hydroxylation sites is 1. The molecule has 0 aliphatic heterocycles. The van der Waals surface area contributed by atoms with Crippen molar-refractivity contribution in [2.75, 3.05) is 10.6 Å². The Labute approximate surface area is 154 Å². The fourth-order valence-electron chi connectivity index (χ4n) is 2.91. The SMILES string of the molecule is CCc1cccc(CC)c1Nc1nc(C)cc(NCc2ccccn2)n1. The number of hydrogen-bond donors (Lipinski definition) is 2. The van der Waals surface area contributed by atoms with Crippen LogP contribution in [0.2, 0.25) is 0 Å². The van der Waals surface area contributed by atoms with Crippen LogP contribution in [0.5, 0.6) is 0 Å². The molecule has 5 nitrogen and oxygen atoms in total. The molecule has 2 aromatic heterocycles. The molecule has 0 saturated heterocycles. The molecule has 26 heavy (non-hydrogen) atoms. The highest BCUT2D eigenvalue weighted by molar-refractivity contribution is 5.64. The summed E-state index contributed by atoms with van der Waals surface area (Å²) < 4.78 is 0. The van der Waals surface area contributed by atoms with Crippen LogP contribution in [0.15, 0.2) is 48.7 Å². The number of nitrogens with one attached hydrogen (secondary N) is 2. The molecule has 0 unspecified atom stereocenters. The lowest BCUT2D eigenvalue weighted by Gasteiger charge is -2.15. The predicted molar refractivity (Wildman–Crippen MR) is 107 cm³/mol. The first-order valence-electron chi connectivity index (χ1n) is 9.06. The highest BCUT2D eigenvalue weighted by atomic mass is 15.1. The molecule has 0 amide bonds. The Morgan fingerprint density at radius 1 is 0.923 bits per heavy atom. The average molecular weight is 347 g/mol. The Morgan fingerprint density at radius 3 is 2.35 bits per heavy atom. The predicted octanol–water partition coefficient (Wildman–Crippen LogP) is 4.66. The summed E-state index contributed by atoms with van der Waals surface area (Å²) in [5.41, 5.74) is 5.56. The fraction of sp³-hybridized carbons (Fsp3) is 0.286. The minimum absolute atomic E-state index is 0.615. The first-order chi connectivity index (χ1) is 12.7. The van der Waals surface area contributed by atoms with Gasteiger partial charge in [0.05, 0.1) is 12.2 Å². The van der Waals surface area contributed by atoms with Gasteiger partial charge in [-0.3, -0.25) is 4.98 Å². The molecule has 0 saturated carbocycles. The minimum atomic E-state index is 0.615. The van der Waals surface area contributed by atoms with E-state index in [-0.39, 0.29) is 0 Å². The summed E-state index contributed by atoms with van der Waals surface area (Å²) in [6, 6.07) is 14.2. The second-order valence-corrected chi connectivity index (χ2v) is 6.18. The largest absolute Gasteiger partial charge is 0.364 e. The maximum atomic E-state index is 4.63. The van der Waals surface area contributed by atoms with Crippen LogP contribution < -0.4 is 10.6 Å². The minimum Gasteiger partial charge on any atom is -0.364 e. The number of anilines is 3. The van der Waals surface area contributed by atoms with Gasteiger partial charge in [-0.25, -0.2) is 4.98 Å². The molecule has 3 rings (SSSR count). The third-order valence-corrected chi connectivity index (χ3v) is 4.27. The van der Waals surface area contributed by atoms with Crippen molar-refractivity contribution in [1.29, 1.82) is 0 Å². The summed E-state index contributed by atoms with van der Waals surface area (Å²) in [4.78, 5) is 13.5. The number of benzene rings is 1. The van der Waals surface area contributed by atoms with Crippen molar-refractivity contribution in [3.05, 3.63) is 71.2 Å². The van der Waals surface area contributed by atoms with Crippen LogP contribution in [0.25, 0.3) is 0 Å². The number of aryl methyl sites for hydroxylation is 3. The number of hydrogen-bond acceptors (Lipinski definition) is 5. The van der Waals surface area contributed by atoms with Crippen molar-refractivity contribution in [1.82, 2.24) is 15.0 Å². The lowest BCUT2D eigenvalue weighted by atomic mass is 10.0. The van der Waals surface area contributed by atoms with Crippen LogP contribution >= 0.6 is 0 Å². The lowest BCUT2D eigenvalue weighted by Crippen LogP contribution is -2.08. The Bertz CT molecular complexity index is 839. The Morgan fingerprint density at radius 2 is 1.69 bits per heavy atom. The fourth-order valence-corrected chi connectivity index (χ4v) is 2.91. The zero-order chi connectivity index (χ0) is 18.4. The standard InChI is InChI=1S/C21H25N5/c1-4-16-9-8-10-17(5-2)20(16)26-21-24-15(3)13-19(25-21)23-14-18-11-6-7-12-22-18/h6-13H,4-5,14H2,1-3H3,(H2,23,24,25,26). The van der Waals surface area contributed by atoms with E-state index in [0.717, 1.165) is 35.7 Å². The van der Waals surface area contributed by atoms with Gasteiger partial charge in [0.25, 0.3) is 0 Å². The molecule has 0 radical (unpaired) electrons. The van der Waals surface area contributed by atoms with Crippen LogP contribution in [-0.2, 0) is 19.4 Å². The van der Waals surface area contributed by atoms with Gasteiger partial charge in [-0.05, 0) is 43.0 Å². The van der Waals surface area contributed by atoms with Gasteiger partial charge in [-0.2, -0.15) is 4.98 Å². The Hall–Kier alpha value is -2.95. The van der Waals surface area contributed by atoms with Crippen LogP contribution in [0.4, 0.5) is 17.5 Å². The Balaban J connectivity index is 1.82. The van der Waals surface area contributed by atoms with Crippen LogP contribution in [0.3, 0.4) is 0 Å². The van der Waals surface area contributed by atoms with Crippen LogP contribution in [0.1, 0.15) is 36.4 Å². The molecule has 134 valence electrons. The van der Waals surface area contributed by atoms with Gasteiger partial charge in [-0.1, -0.05) is 38.1 Å². The molecular formula is C21H25N5. The van der Waals surface area contributed by atoms with Gasteiger partial charge in [-0.15, -0.1) is 0 Å². The smallest absolute Gasteiger partial charge is 0.229 e. The quantitative estimate of drug-likeness (QED) is 0.651. The molecule has 5 heteroatoms. The molecule has 0 fully saturated rings. The highest BCUT2D eigenvalue weighted by Crippen LogP contribution is 2.25. The van der Waals surface area contributed by atoms with E-state index in [0.29, 0.717) is 12.5 Å². The van der Waals surface area contributed by atoms with E-state index in [2.05, 4.69) is 57.6 Å². The van der Waals surface area contributed by atoms with Gasteiger partial charge < -0.3 is 10.6 Å². The van der Waals surface area contributed by atoms with Gasteiger partial charge in [0.2, 0.25) is 5.95 Å². The summed E-state index contributed by atoms with van der Waals surface area (Å²) in [6.45, 7) is 6.93. The highest BCUT2D eigenvalue weighted by Gasteiger charge is 2.09. The van der Waals surface area contributed by atoms with Gasteiger partial charge in [0.1, 0.15) is 5.82 Å². The monoisotopic (exact) mass is 347 g/mol. The molecule has 0 aliphatic rings. The van der Waals surface area contributed by atoms with E-state index in [4.69, 9.17) is 0 Å². The lowest BCUT2D eigenvalue weighted by molar-refractivity contribution is 1.01. The maximum Gasteiger partial charge on any atom is 0.229 e. The average Bonchev–Trinajstić information content (AvgIpc) is 2.67. The van der Waals surface area contributed by atoms with Crippen molar-refractivity contribution >= 4 is 17.5 Å². The number of nitrogens with zero attached hydrogens (tertiary/aromatic N) is 3. The normalized spacial score (nSPS) is 10.6. The molecule has 3 aromatic rings. The zero-order valence-electron chi connectivity index (χ0n) is 15.6. The number of pyridine rings is 1. The topological polar surface area (TPSA) is 62.7 Å². The van der Waals surface area contributed by atoms with Crippen molar-refractivity contribution < 1.29 is 0 Å². The summed E-state index contributed by atoms with van der Waals surface area (Å²) in [7, 11) is 0. The molecule has 2 N–H and O–H groups in total. The summed E-state index contributed by atoms with van der Waals surface area (Å²) >= 11 is 0. The summed E-state index contributed by atoms with van der Waals surface area (Å²) in [6.07, 6.45) is 3.72. The third-order valence-electron chi connectivity index (χ3n) is 4.27. The van der Waals surface area contributed by atoms with Gasteiger partial charge in [0.15, 0.2) is 0 Å². The van der Waals surface area contributed by atoms with E-state index in [1.807, 2.05) is 31.2 Å². The summed E-state index contributed by atoms with van der Waals surface area (Å²) in [5, 5.41) is 6.78. The van der Waals surface area contributed by atoms with Gasteiger partial charge >= 0.3 is 0 Å². The first kappa shape index (κ1) is 17.9. The van der Waals surface area contributed by atoms with E-state index < -0.39 is 0 Å². The summed E-state index contributed by atoms with van der Waals surface area (Å²) in [5.74, 6) is 1.40. The third kappa shape index (κ3) is 4.36. The number of rotatable bonds is 7. The van der Waals surface area contributed by atoms with Crippen molar-refractivity contribution in [3.8, 4) is 0 Å². The molecule has 2 heterocycles. The van der Waals surface area contributed by atoms with E-state index in [1.165, 1.54) is 11.1 Å². The Kier molecular flexibility index (Phi) is 5.79. The first-order valence-corrected chi connectivity index (χ1v) is 9.06. The second kappa shape index (κ2) is 8.43. The van der Waals surface area contributed by atoms with Crippen molar-refractivity contribution in [2.24, 2.45) is 0 Å². The van der Waals surface area contributed by atoms with E-state index >= 15 is 0 Å². The van der Waals surface area contributed by atoms with Gasteiger partial charge in [0, 0.05) is 23.6 Å². The molecule has 0 atom stereocenters. The molecular weight excluding hydrogens is 322 g/mol. The number of aromatic nitrogens is 3. The molecule has 0 spiro atoms. The molecule has 0 bridgehead atoms. The second-order valence-electron chi connectivity index (χ2n) is 6.18. The molecule has 0 aliphatic carbocycles. The van der Waals surface area contributed by atoms with E-state index in [1.54, 1.807) is 6.20 Å². The van der Waals surface area contributed by atoms with E-state index in [9.17, 15) is 0 Å². The van der Waals surface area contributed by atoms with Crippen molar-refractivity contribution in [2.45, 2.75) is 40.2 Å². The van der Waals surface area contributed by atoms with Crippen LogP contribution in [0, 0.1) is 6.92 Å². The van der Waals surface area contributed by atoms with Crippen molar-refractivity contribution in [3.63, 3.8) is 0 Å². The maximum absolute atomic E-state index is 4.63. The molecule has 1 aromatic carbocycles. The zero-order valence-corrected chi connectivity index (χ0v) is 15.6. The van der Waals surface area contributed by atoms with Crippen LogP contribution in [-0.4, -0.2) is 15.0 Å².